The van der Waals surface area contributed by atoms with Crippen LogP contribution >= 0.6 is 11.9 Å². The Balaban J connectivity index is 1.34. The van der Waals surface area contributed by atoms with Crippen molar-refractivity contribution in [1.29, 1.82) is 0 Å². The van der Waals surface area contributed by atoms with Crippen molar-refractivity contribution in [1.82, 2.24) is 9.62 Å². The van der Waals surface area contributed by atoms with Gasteiger partial charge in [0.25, 0.3) is 5.91 Å². The molecule has 16 heteroatoms. The largest absolute Gasteiger partial charge is 0.410 e. The Morgan fingerprint density at radius 2 is 1.70 bits per heavy atom. The molecule has 5 atom stereocenters. The molecule has 0 radical (unpaired) electrons. The predicted molar refractivity (Wildman–Crippen MR) is 164 cm³/mol. The molecule has 2 heterocycles. The van der Waals surface area contributed by atoms with Crippen molar-refractivity contribution in [3.05, 3.63) is 60.2 Å². The lowest BCUT2D eigenvalue weighted by atomic mass is 9.97. The van der Waals surface area contributed by atoms with Crippen molar-refractivity contribution in [2.45, 2.75) is 86.1 Å². The first-order valence-corrected chi connectivity index (χ1v) is 16.0. The van der Waals surface area contributed by atoms with Crippen LogP contribution in [0.1, 0.15) is 38.7 Å². The lowest BCUT2D eigenvalue weighted by Crippen LogP contribution is -2.63. The number of benzene rings is 2. The van der Waals surface area contributed by atoms with Gasteiger partial charge in [0.2, 0.25) is 5.91 Å². The molecule has 0 bridgehead atoms. The van der Waals surface area contributed by atoms with Gasteiger partial charge in [-0.3, -0.25) is 9.53 Å². The van der Waals surface area contributed by atoms with E-state index in [2.05, 4.69) is 10.6 Å². The Bertz CT molecular complexity index is 1400. The molecule has 3 fully saturated rings. The number of ether oxygens (including phenoxy) is 3. The fourth-order valence-corrected chi connectivity index (χ4v) is 6.40. The normalized spacial score (nSPS) is 25.2. The maximum Gasteiger partial charge on any atom is 0.410 e. The number of alkyl carbamates (subject to hydrolysis) is 1. The smallest absolute Gasteiger partial charge is 0.407 e. The number of nitrogens with zero attached hydrogens (tertiary/aromatic N) is 1. The van der Waals surface area contributed by atoms with Crippen LogP contribution in [0.3, 0.4) is 0 Å². The summed E-state index contributed by atoms with van der Waals surface area (Å²) in [6.45, 7) is 1.90. The molecule has 9 N–H and O–H groups in total. The highest BCUT2D eigenvalue weighted by atomic mass is 32.2. The number of carbonyl (C=O) groups excluding carboxylic acids is 2. The molecule has 258 valence electrons. The van der Waals surface area contributed by atoms with E-state index in [0.717, 1.165) is 29.1 Å². The van der Waals surface area contributed by atoms with Crippen molar-refractivity contribution < 1.29 is 59.5 Å². The monoisotopic (exact) mass is 679 g/mol. The van der Waals surface area contributed by atoms with Crippen LogP contribution in [-0.2, 0) is 25.4 Å². The summed E-state index contributed by atoms with van der Waals surface area (Å²) in [5.41, 5.74) is -0.923. The Hall–Kier alpha value is -2.87. The highest BCUT2D eigenvalue weighted by Gasteiger charge is 2.70. The Morgan fingerprint density at radius 1 is 1.04 bits per heavy atom. The molecule has 2 aromatic carbocycles. The third-order valence-electron chi connectivity index (χ3n) is 8.41. The molecule has 5 unspecified atom stereocenters. The molecule has 3 aliphatic rings. The van der Waals surface area contributed by atoms with Crippen molar-refractivity contribution in [2.75, 3.05) is 18.5 Å². The van der Waals surface area contributed by atoms with Gasteiger partial charge in [0.15, 0.2) is 6.29 Å². The minimum absolute atomic E-state index is 0.00445. The average molecular weight is 680 g/mol. The minimum Gasteiger partial charge on any atom is -0.407 e. The van der Waals surface area contributed by atoms with Crippen LogP contribution in [0.5, 0.6) is 0 Å². The fourth-order valence-electron chi connectivity index (χ4n) is 5.31. The van der Waals surface area contributed by atoms with Crippen LogP contribution < -0.4 is 10.6 Å². The van der Waals surface area contributed by atoms with E-state index in [1.807, 2.05) is 0 Å². The summed E-state index contributed by atoms with van der Waals surface area (Å²) in [4.78, 5) is 25.8. The summed E-state index contributed by atoms with van der Waals surface area (Å²) in [7, 11) is 0. The van der Waals surface area contributed by atoms with E-state index in [4.69, 9.17) is 14.2 Å². The number of carbonyl (C=O) groups is 2. The number of amides is 2. The van der Waals surface area contributed by atoms with Gasteiger partial charge in [-0.1, -0.05) is 30.3 Å². The number of aliphatic hydroxyl groups excluding tert-OH is 1. The van der Waals surface area contributed by atoms with E-state index >= 15 is 0 Å². The van der Waals surface area contributed by atoms with Gasteiger partial charge in [-0.15, -0.1) is 0 Å². The number of anilines is 1. The van der Waals surface area contributed by atoms with Crippen molar-refractivity contribution in [2.24, 2.45) is 11.8 Å². The van der Waals surface area contributed by atoms with E-state index < -0.39 is 60.3 Å². The first kappa shape index (κ1) is 35.4. The fraction of sp³-hybridized carbons (Fsp3) is 0.548. The van der Waals surface area contributed by atoms with E-state index in [1.54, 1.807) is 54.6 Å². The van der Waals surface area contributed by atoms with Crippen molar-refractivity contribution in [3.8, 4) is 0 Å². The first-order valence-electron chi connectivity index (χ1n) is 15.2. The van der Waals surface area contributed by atoms with Crippen LogP contribution in [0, 0.1) is 11.8 Å². The molecular weight excluding hydrogens is 638 g/mol. The topological polar surface area (TPSA) is 231 Å². The van der Waals surface area contributed by atoms with Gasteiger partial charge >= 0.3 is 17.9 Å². The maximum atomic E-state index is 13.2. The minimum atomic E-state index is -3.28. The highest BCUT2D eigenvalue weighted by Crippen LogP contribution is 2.47. The zero-order valence-electron chi connectivity index (χ0n) is 25.9. The Morgan fingerprint density at radius 3 is 2.32 bits per heavy atom. The van der Waals surface area contributed by atoms with Crippen LogP contribution in [0.25, 0.3) is 0 Å². The summed E-state index contributed by atoms with van der Waals surface area (Å²) < 4.78 is 16.2. The van der Waals surface area contributed by atoms with Crippen LogP contribution in [0.4, 0.5) is 10.5 Å². The third kappa shape index (κ3) is 7.90. The number of aliphatic hydroxyl groups is 7. The number of nitrogens with one attached hydrogen (secondary N) is 2. The summed E-state index contributed by atoms with van der Waals surface area (Å²) in [5, 5.41) is 81.2. The van der Waals surface area contributed by atoms with Gasteiger partial charge in [-0.2, -0.15) is 4.31 Å². The van der Waals surface area contributed by atoms with Crippen LogP contribution in [0.15, 0.2) is 59.5 Å². The van der Waals surface area contributed by atoms with E-state index in [-0.39, 0.29) is 31.3 Å². The molecule has 1 aliphatic carbocycles. The maximum absolute atomic E-state index is 13.2. The van der Waals surface area contributed by atoms with Crippen molar-refractivity contribution >= 4 is 29.6 Å². The highest BCUT2D eigenvalue weighted by molar-refractivity contribution is 7.97. The lowest BCUT2D eigenvalue weighted by Gasteiger charge is -2.43. The molecule has 2 aliphatic heterocycles. The molecule has 1 saturated carbocycles. The molecule has 5 rings (SSSR count). The Labute approximate surface area is 275 Å². The zero-order chi connectivity index (χ0) is 34.2. The first-order chi connectivity index (χ1) is 22.0. The summed E-state index contributed by atoms with van der Waals surface area (Å²) in [5.74, 6) is -10.3. The number of hydrogen-bond donors (Lipinski definition) is 9. The van der Waals surface area contributed by atoms with Gasteiger partial charge in [-0.25, -0.2) is 4.79 Å². The average Bonchev–Trinajstić information content (AvgIpc) is 3.72. The molecule has 15 nitrogen and oxygen atoms in total. The van der Waals surface area contributed by atoms with Gasteiger partial charge in [-0.05, 0) is 81.3 Å². The van der Waals surface area contributed by atoms with Crippen LogP contribution in [0.2, 0.25) is 0 Å². The zero-order valence-corrected chi connectivity index (χ0v) is 26.7. The molecular formula is C31H41N3O12S. The van der Waals surface area contributed by atoms with Crippen LogP contribution in [-0.4, -0.2) is 107 Å². The van der Waals surface area contributed by atoms with Gasteiger partial charge in [0.1, 0.15) is 5.60 Å². The number of fused-ring (bicyclic) bond motifs is 1. The van der Waals surface area contributed by atoms with Gasteiger partial charge in [0.05, 0.1) is 24.7 Å². The molecule has 47 heavy (non-hydrogen) atoms. The summed E-state index contributed by atoms with van der Waals surface area (Å²) in [6.07, 6.45) is -2.36. The molecule has 0 spiro atoms. The van der Waals surface area contributed by atoms with E-state index in [0.29, 0.717) is 16.1 Å². The quantitative estimate of drug-likeness (QED) is 0.102. The third-order valence-corrected chi connectivity index (χ3v) is 9.52. The van der Waals surface area contributed by atoms with Gasteiger partial charge in [0, 0.05) is 23.0 Å². The second-order valence-corrected chi connectivity index (χ2v) is 13.7. The number of rotatable bonds is 13. The van der Waals surface area contributed by atoms with E-state index in [9.17, 15) is 45.3 Å². The lowest BCUT2D eigenvalue weighted by molar-refractivity contribution is -0.439. The SMILES string of the molecule is CC(C)(O)C(O)(O)N(CC(O)C(Cc1ccccc1)NC(=O)OC1(O)C2CCOC2OC1(O)O)Sc1ccc(NC(=O)C2CC2)cc1. The van der Waals surface area contributed by atoms with E-state index in [1.165, 1.54) is 13.8 Å². The van der Waals surface area contributed by atoms with Crippen molar-refractivity contribution in [3.63, 3.8) is 0 Å². The van der Waals surface area contributed by atoms with Gasteiger partial charge < -0.3 is 55.9 Å². The predicted octanol–water partition coefficient (Wildman–Crippen LogP) is 0.172. The summed E-state index contributed by atoms with van der Waals surface area (Å²) >= 11 is 0.796. The second-order valence-electron chi connectivity index (χ2n) is 12.6. The number of hydrogen-bond acceptors (Lipinski definition) is 14. The summed E-state index contributed by atoms with van der Waals surface area (Å²) in [6, 6.07) is 14.0. The second kappa shape index (κ2) is 13.6. The molecule has 2 amide bonds. The molecule has 0 aromatic heterocycles. The standard InChI is InChI=1S/C31H41N3O12S/c1-28(2,38)30(40,41)34(47-21-12-10-20(11-13-21)32-25(36)19-8-9-19)17-24(35)23(16-18-6-4-3-5-7-18)33-27(37)46-29(39)22-14-15-44-26(22)45-31(29,42)43/h3-7,10-13,19,22-24,26,35,38-43H,8-9,14-17H2,1-2H3,(H,32,36)(H,33,37). The Kier molecular flexibility index (Phi) is 10.2. The molecule has 2 saturated heterocycles. The molecule has 2 aromatic rings.